The van der Waals surface area contributed by atoms with Gasteiger partial charge in [-0.25, -0.2) is 0 Å². The number of amides is 2. The second kappa shape index (κ2) is 7.15. The molecule has 0 unspecified atom stereocenters. The first-order valence-corrected chi connectivity index (χ1v) is 8.57. The molecule has 2 rings (SSSR count). The molecule has 0 saturated carbocycles. The van der Waals surface area contributed by atoms with E-state index >= 15 is 0 Å². The second-order valence-electron chi connectivity index (χ2n) is 5.48. The van der Waals surface area contributed by atoms with Gasteiger partial charge in [-0.05, 0) is 25.0 Å². The first-order valence-electron chi connectivity index (χ1n) is 7.58. The maximum absolute atomic E-state index is 12.4. The van der Waals surface area contributed by atoms with Crippen molar-refractivity contribution in [1.82, 2.24) is 5.32 Å². The molecule has 120 valence electrons. The van der Waals surface area contributed by atoms with E-state index in [2.05, 4.69) is 5.32 Å². The van der Waals surface area contributed by atoms with Crippen LogP contribution in [0.3, 0.4) is 0 Å². The van der Waals surface area contributed by atoms with Gasteiger partial charge in [0.05, 0.1) is 17.0 Å². The van der Waals surface area contributed by atoms with Crippen molar-refractivity contribution < 1.29 is 9.59 Å². The van der Waals surface area contributed by atoms with Crippen LogP contribution in [0.15, 0.2) is 29.2 Å². The zero-order valence-electron chi connectivity index (χ0n) is 13.1. The molecular weight excluding hydrogens is 298 g/mol. The molecule has 2 amide bonds. The molecule has 1 heterocycles. The summed E-state index contributed by atoms with van der Waals surface area (Å²) in [5.74, 6) is 0.169. The van der Waals surface area contributed by atoms with Crippen LogP contribution in [0, 0.1) is 0 Å². The van der Waals surface area contributed by atoms with E-state index in [-0.39, 0.29) is 23.9 Å². The number of nitrogens with zero attached hydrogens (tertiary/aromatic N) is 1. The summed E-state index contributed by atoms with van der Waals surface area (Å²) in [5.41, 5.74) is 6.24. The van der Waals surface area contributed by atoms with Gasteiger partial charge < -0.3 is 16.0 Å². The SMILES string of the molecule is CCC(CC)(CN)NC(=O)CN1C(=O)CSc2ccccc21. The molecule has 0 spiro atoms. The van der Waals surface area contributed by atoms with Crippen LogP contribution in [0.25, 0.3) is 0 Å². The normalized spacial score (nSPS) is 14.7. The van der Waals surface area contributed by atoms with Crippen LogP contribution < -0.4 is 16.0 Å². The summed E-state index contributed by atoms with van der Waals surface area (Å²) in [7, 11) is 0. The average molecular weight is 321 g/mol. The van der Waals surface area contributed by atoms with Gasteiger partial charge in [-0.15, -0.1) is 11.8 Å². The number of para-hydroxylation sites is 1. The minimum Gasteiger partial charge on any atom is -0.348 e. The van der Waals surface area contributed by atoms with Gasteiger partial charge in [-0.2, -0.15) is 0 Å². The zero-order valence-corrected chi connectivity index (χ0v) is 13.9. The summed E-state index contributed by atoms with van der Waals surface area (Å²) in [4.78, 5) is 27.2. The van der Waals surface area contributed by atoms with Gasteiger partial charge >= 0.3 is 0 Å². The van der Waals surface area contributed by atoms with Crippen LogP contribution >= 0.6 is 11.8 Å². The Morgan fingerprint density at radius 1 is 1.36 bits per heavy atom. The predicted octanol–water partition coefficient (Wildman–Crippen LogP) is 1.76. The smallest absolute Gasteiger partial charge is 0.240 e. The van der Waals surface area contributed by atoms with E-state index in [0.717, 1.165) is 23.4 Å². The highest BCUT2D eigenvalue weighted by molar-refractivity contribution is 8.00. The van der Waals surface area contributed by atoms with Gasteiger partial charge in [-0.3, -0.25) is 9.59 Å². The van der Waals surface area contributed by atoms with Crippen molar-refractivity contribution in [3.63, 3.8) is 0 Å². The number of carbonyl (C=O) groups excluding carboxylic acids is 2. The van der Waals surface area contributed by atoms with Crippen LogP contribution in [0.2, 0.25) is 0 Å². The average Bonchev–Trinajstić information content (AvgIpc) is 2.55. The van der Waals surface area contributed by atoms with Gasteiger partial charge in [0.1, 0.15) is 6.54 Å². The number of anilines is 1. The largest absolute Gasteiger partial charge is 0.348 e. The third-order valence-corrected chi connectivity index (χ3v) is 5.31. The van der Waals surface area contributed by atoms with Crippen molar-refractivity contribution in [2.24, 2.45) is 5.73 Å². The fourth-order valence-electron chi connectivity index (χ4n) is 2.57. The molecule has 0 bridgehead atoms. The summed E-state index contributed by atoms with van der Waals surface area (Å²) < 4.78 is 0. The Balaban J connectivity index is 2.13. The van der Waals surface area contributed by atoms with Crippen molar-refractivity contribution in [3.05, 3.63) is 24.3 Å². The zero-order chi connectivity index (χ0) is 16.2. The lowest BCUT2D eigenvalue weighted by atomic mass is 9.93. The van der Waals surface area contributed by atoms with Crippen LogP contribution in [0.4, 0.5) is 5.69 Å². The fourth-order valence-corrected chi connectivity index (χ4v) is 3.51. The third-order valence-electron chi connectivity index (χ3n) is 4.26. The van der Waals surface area contributed by atoms with Gasteiger partial charge in [-0.1, -0.05) is 26.0 Å². The number of hydrogen-bond acceptors (Lipinski definition) is 4. The first kappa shape index (κ1) is 16.8. The van der Waals surface area contributed by atoms with Gasteiger partial charge in [0.2, 0.25) is 11.8 Å². The maximum atomic E-state index is 12.4. The van der Waals surface area contributed by atoms with E-state index in [9.17, 15) is 9.59 Å². The van der Waals surface area contributed by atoms with E-state index < -0.39 is 0 Å². The molecule has 1 aromatic rings. The third kappa shape index (κ3) is 3.44. The number of nitrogens with one attached hydrogen (secondary N) is 1. The molecule has 0 radical (unpaired) electrons. The summed E-state index contributed by atoms with van der Waals surface area (Å²) in [6, 6.07) is 7.67. The molecule has 0 atom stereocenters. The Kier molecular flexibility index (Phi) is 5.47. The van der Waals surface area contributed by atoms with Gasteiger partial charge in [0.25, 0.3) is 0 Å². The number of hydrogen-bond donors (Lipinski definition) is 2. The molecular formula is C16H23N3O2S. The van der Waals surface area contributed by atoms with Crippen LogP contribution in [0.5, 0.6) is 0 Å². The molecule has 3 N–H and O–H groups in total. The van der Waals surface area contributed by atoms with E-state index in [1.807, 2.05) is 38.1 Å². The molecule has 0 aliphatic carbocycles. The Morgan fingerprint density at radius 2 is 2.05 bits per heavy atom. The molecule has 1 aromatic carbocycles. The number of thioether (sulfide) groups is 1. The van der Waals surface area contributed by atoms with E-state index in [0.29, 0.717) is 12.3 Å². The summed E-state index contributed by atoms with van der Waals surface area (Å²) in [5, 5.41) is 3.01. The Bertz CT molecular complexity index is 550. The Labute approximate surface area is 135 Å². The molecule has 6 heteroatoms. The van der Waals surface area contributed by atoms with Crippen molar-refractivity contribution >= 4 is 29.3 Å². The molecule has 22 heavy (non-hydrogen) atoms. The predicted molar refractivity (Wildman–Crippen MR) is 90.0 cm³/mol. The van der Waals surface area contributed by atoms with Crippen LogP contribution in [-0.2, 0) is 9.59 Å². The maximum Gasteiger partial charge on any atom is 0.240 e. The Hall–Kier alpha value is -1.53. The van der Waals surface area contributed by atoms with Gasteiger partial charge in [0.15, 0.2) is 0 Å². The minimum atomic E-state index is -0.385. The molecule has 1 aliphatic heterocycles. The number of rotatable bonds is 6. The molecule has 0 aromatic heterocycles. The van der Waals surface area contributed by atoms with Gasteiger partial charge in [0, 0.05) is 11.4 Å². The lowest BCUT2D eigenvalue weighted by Crippen LogP contribution is -2.56. The van der Waals surface area contributed by atoms with Crippen molar-refractivity contribution in [2.45, 2.75) is 37.1 Å². The minimum absolute atomic E-state index is 0.0369. The van der Waals surface area contributed by atoms with E-state index in [1.165, 1.54) is 11.8 Å². The van der Waals surface area contributed by atoms with E-state index in [4.69, 9.17) is 5.73 Å². The number of carbonyl (C=O) groups is 2. The quantitative estimate of drug-likeness (QED) is 0.837. The lowest BCUT2D eigenvalue weighted by molar-refractivity contribution is -0.124. The number of fused-ring (bicyclic) bond motifs is 1. The highest BCUT2D eigenvalue weighted by Crippen LogP contribution is 2.34. The number of nitrogens with two attached hydrogens (primary N) is 1. The monoisotopic (exact) mass is 321 g/mol. The summed E-state index contributed by atoms with van der Waals surface area (Å²) >= 11 is 1.51. The second-order valence-corrected chi connectivity index (χ2v) is 6.49. The standard InChI is InChI=1S/C16H23N3O2S/c1-3-16(4-2,11-17)18-14(20)9-19-12-7-5-6-8-13(12)22-10-15(19)21/h5-8H,3-4,9-11,17H2,1-2H3,(H,18,20). The molecule has 0 saturated heterocycles. The molecule has 5 nitrogen and oxygen atoms in total. The summed E-state index contributed by atoms with van der Waals surface area (Å²) in [6.07, 6.45) is 1.54. The van der Waals surface area contributed by atoms with Crippen molar-refractivity contribution in [1.29, 1.82) is 0 Å². The number of benzene rings is 1. The Morgan fingerprint density at radius 3 is 2.68 bits per heavy atom. The lowest BCUT2D eigenvalue weighted by Gasteiger charge is -2.34. The first-order chi connectivity index (χ1) is 10.5. The van der Waals surface area contributed by atoms with Crippen LogP contribution in [0.1, 0.15) is 26.7 Å². The fraction of sp³-hybridized carbons (Fsp3) is 0.500. The highest BCUT2D eigenvalue weighted by Gasteiger charge is 2.30. The molecule has 1 aliphatic rings. The van der Waals surface area contributed by atoms with Crippen molar-refractivity contribution in [2.75, 3.05) is 23.7 Å². The van der Waals surface area contributed by atoms with Crippen molar-refractivity contribution in [3.8, 4) is 0 Å². The van der Waals surface area contributed by atoms with Crippen LogP contribution in [-0.4, -0.2) is 36.2 Å². The summed E-state index contributed by atoms with van der Waals surface area (Å²) in [6.45, 7) is 4.45. The topological polar surface area (TPSA) is 75.4 Å². The van der Waals surface area contributed by atoms with E-state index in [1.54, 1.807) is 4.90 Å². The highest BCUT2D eigenvalue weighted by atomic mass is 32.2. The molecule has 0 fully saturated rings.